The third-order valence-electron chi connectivity index (χ3n) is 4.51. The minimum Gasteiger partial charge on any atom is -0.447 e. The number of furan rings is 1. The van der Waals surface area contributed by atoms with Crippen molar-refractivity contribution >= 4 is 10.0 Å². The summed E-state index contributed by atoms with van der Waals surface area (Å²) < 4.78 is 32.6. The number of nitrogens with zero attached hydrogens (tertiary/aromatic N) is 1. The van der Waals surface area contributed by atoms with E-state index in [4.69, 9.17) is 4.42 Å². The fraction of sp³-hybridized carbons (Fsp3) is 0.714. The van der Waals surface area contributed by atoms with E-state index in [0.717, 1.165) is 19.3 Å². The van der Waals surface area contributed by atoms with Gasteiger partial charge in [0.1, 0.15) is 5.76 Å². The predicted octanol–water partition coefficient (Wildman–Crippen LogP) is 1.95. The summed E-state index contributed by atoms with van der Waals surface area (Å²) >= 11 is 0. The Morgan fingerprint density at radius 1 is 1.30 bits per heavy atom. The quantitative estimate of drug-likeness (QED) is 0.923. The van der Waals surface area contributed by atoms with Gasteiger partial charge in [-0.1, -0.05) is 12.8 Å². The van der Waals surface area contributed by atoms with E-state index >= 15 is 0 Å². The molecule has 6 heteroatoms. The number of hydrogen-bond acceptors (Lipinski definition) is 4. The summed E-state index contributed by atoms with van der Waals surface area (Å²) in [7, 11) is -1.66. The number of rotatable bonds is 4. The highest BCUT2D eigenvalue weighted by Crippen LogP contribution is 2.39. The Bertz CT molecular complexity index is 567. The Kier molecular flexibility index (Phi) is 3.88. The smallest absolute Gasteiger partial charge is 0.276 e. The van der Waals surface area contributed by atoms with Gasteiger partial charge >= 0.3 is 0 Å². The van der Waals surface area contributed by atoms with E-state index in [0.29, 0.717) is 24.8 Å². The Morgan fingerprint density at radius 3 is 2.90 bits per heavy atom. The first-order chi connectivity index (χ1) is 9.63. The van der Waals surface area contributed by atoms with Crippen LogP contribution in [0.2, 0.25) is 0 Å². The van der Waals surface area contributed by atoms with Crippen molar-refractivity contribution in [1.29, 1.82) is 0 Å². The molecule has 0 amide bonds. The molecule has 0 spiro atoms. The second kappa shape index (κ2) is 5.50. The zero-order chi connectivity index (χ0) is 14.2. The number of nitrogens with one attached hydrogen (secondary N) is 1. The lowest BCUT2D eigenvalue weighted by Gasteiger charge is -2.30. The molecule has 1 saturated heterocycles. The highest BCUT2D eigenvalue weighted by molar-refractivity contribution is 7.89. The zero-order valence-corrected chi connectivity index (χ0v) is 12.7. The van der Waals surface area contributed by atoms with Gasteiger partial charge in [-0.3, -0.25) is 0 Å². The summed E-state index contributed by atoms with van der Waals surface area (Å²) in [5.41, 5.74) is 0. The first-order valence-electron chi connectivity index (χ1n) is 7.38. The van der Waals surface area contributed by atoms with E-state index < -0.39 is 10.0 Å². The molecule has 2 atom stereocenters. The maximum atomic E-state index is 12.7. The van der Waals surface area contributed by atoms with Gasteiger partial charge in [0.15, 0.2) is 0 Å². The second-order valence-electron chi connectivity index (χ2n) is 5.77. The average Bonchev–Trinajstić information content (AvgIpc) is 3.05. The first-order valence-corrected chi connectivity index (χ1v) is 8.82. The van der Waals surface area contributed by atoms with Gasteiger partial charge in [-0.2, -0.15) is 4.31 Å². The van der Waals surface area contributed by atoms with Gasteiger partial charge in [-0.25, -0.2) is 8.42 Å². The van der Waals surface area contributed by atoms with Crippen molar-refractivity contribution < 1.29 is 12.8 Å². The Balaban J connectivity index is 1.83. The molecule has 1 aliphatic heterocycles. The lowest BCUT2D eigenvalue weighted by Crippen LogP contribution is -2.39. The Morgan fingerprint density at radius 2 is 2.10 bits per heavy atom. The summed E-state index contributed by atoms with van der Waals surface area (Å²) in [6, 6.07) is 3.50. The van der Waals surface area contributed by atoms with Gasteiger partial charge in [0.25, 0.3) is 10.0 Å². The number of sulfonamides is 1. The molecule has 1 saturated carbocycles. The van der Waals surface area contributed by atoms with Crippen LogP contribution in [0.5, 0.6) is 0 Å². The molecule has 0 bridgehead atoms. The van der Waals surface area contributed by atoms with E-state index in [1.165, 1.54) is 12.8 Å². The molecule has 3 rings (SSSR count). The van der Waals surface area contributed by atoms with Gasteiger partial charge in [0.05, 0.1) is 6.54 Å². The lowest BCUT2D eigenvalue weighted by atomic mass is 9.86. The van der Waals surface area contributed by atoms with Gasteiger partial charge in [-0.15, -0.1) is 0 Å². The summed E-state index contributed by atoms with van der Waals surface area (Å²) in [4.78, 5) is 0. The van der Waals surface area contributed by atoms with Crippen LogP contribution in [0.25, 0.3) is 0 Å². The zero-order valence-electron chi connectivity index (χ0n) is 11.8. The molecule has 2 aliphatic rings. The van der Waals surface area contributed by atoms with Crippen molar-refractivity contribution in [1.82, 2.24) is 9.62 Å². The third kappa shape index (κ3) is 2.40. The monoisotopic (exact) mass is 298 g/mol. The fourth-order valence-electron chi connectivity index (χ4n) is 3.54. The molecule has 1 aliphatic carbocycles. The van der Waals surface area contributed by atoms with Crippen LogP contribution in [0.4, 0.5) is 0 Å². The molecule has 1 aromatic heterocycles. The standard InChI is InChI=1S/C14H22N2O3S/c1-15-10-12-6-7-14(19-12)20(17,18)16-9-8-11-4-2-3-5-13(11)16/h6-7,11,13,15H,2-5,8-10H2,1H3. The minimum atomic E-state index is -3.47. The van der Waals surface area contributed by atoms with Crippen LogP contribution in [0.1, 0.15) is 37.9 Å². The van der Waals surface area contributed by atoms with Crippen molar-refractivity contribution in [3.8, 4) is 0 Å². The lowest BCUT2D eigenvalue weighted by molar-refractivity contribution is 0.255. The van der Waals surface area contributed by atoms with Crippen molar-refractivity contribution in [2.75, 3.05) is 13.6 Å². The van der Waals surface area contributed by atoms with Crippen LogP contribution >= 0.6 is 0 Å². The van der Waals surface area contributed by atoms with Crippen LogP contribution in [0, 0.1) is 5.92 Å². The van der Waals surface area contributed by atoms with Crippen LogP contribution < -0.4 is 5.32 Å². The number of fused-ring (bicyclic) bond motifs is 1. The average molecular weight is 298 g/mol. The number of hydrogen-bond donors (Lipinski definition) is 1. The van der Waals surface area contributed by atoms with Crippen molar-refractivity contribution in [3.05, 3.63) is 17.9 Å². The molecule has 2 unspecified atom stereocenters. The fourth-order valence-corrected chi connectivity index (χ4v) is 5.21. The Labute approximate surface area is 120 Å². The summed E-state index contributed by atoms with van der Waals surface area (Å²) in [6.07, 6.45) is 5.53. The van der Waals surface area contributed by atoms with E-state index in [1.54, 1.807) is 16.4 Å². The maximum Gasteiger partial charge on any atom is 0.276 e. The highest BCUT2D eigenvalue weighted by Gasteiger charge is 2.43. The Hall–Kier alpha value is -0.850. The van der Waals surface area contributed by atoms with Crippen molar-refractivity contribution in [2.45, 2.75) is 49.8 Å². The molecule has 112 valence electrons. The molecular formula is C14H22N2O3S. The summed E-state index contributed by atoms with van der Waals surface area (Å²) in [5.74, 6) is 1.20. The van der Waals surface area contributed by atoms with Gasteiger partial charge in [0.2, 0.25) is 5.09 Å². The highest BCUT2D eigenvalue weighted by atomic mass is 32.2. The molecule has 5 nitrogen and oxygen atoms in total. The summed E-state index contributed by atoms with van der Waals surface area (Å²) in [6.45, 7) is 1.18. The van der Waals surface area contributed by atoms with Crippen LogP contribution in [-0.2, 0) is 16.6 Å². The van der Waals surface area contributed by atoms with Gasteiger partial charge in [0, 0.05) is 12.6 Å². The largest absolute Gasteiger partial charge is 0.447 e. The second-order valence-corrected chi connectivity index (χ2v) is 7.59. The van der Waals surface area contributed by atoms with E-state index in [-0.39, 0.29) is 11.1 Å². The first kappa shape index (κ1) is 14.1. The predicted molar refractivity (Wildman–Crippen MR) is 75.7 cm³/mol. The van der Waals surface area contributed by atoms with Crippen LogP contribution in [-0.4, -0.2) is 32.4 Å². The van der Waals surface area contributed by atoms with E-state index in [2.05, 4.69) is 5.32 Å². The molecule has 2 fully saturated rings. The molecule has 1 N–H and O–H groups in total. The van der Waals surface area contributed by atoms with Gasteiger partial charge in [-0.05, 0) is 44.4 Å². The normalized spacial score (nSPS) is 27.6. The SMILES string of the molecule is CNCc1ccc(S(=O)(=O)N2CCC3CCCCC32)o1. The van der Waals surface area contributed by atoms with Crippen molar-refractivity contribution in [2.24, 2.45) is 5.92 Å². The van der Waals surface area contributed by atoms with E-state index in [9.17, 15) is 8.42 Å². The van der Waals surface area contributed by atoms with Crippen LogP contribution in [0.15, 0.2) is 21.6 Å². The molecular weight excluding hydrogens is 276 g/mol. The van der Waals surface area contributed by atoms with Gasteiger partial charge < -0.3 is 9.73 Å². The van der Waals surface area contributed by atoms with Crippen molar-refractivity contribution in [3.63, 3.8) is 0 Å². The maximum absolute atomic E-state index is 12.7. The summed E-state index contributed by atoms with van der Waals surface area (Å²) in [5, 5.41) is 3.05. The van der Waals surface area contributed by atoms with E-state index in [1.807, 2.05) is 7.05 Å². The molecule has 1 aromatic rings. The third-order valence-corrected chi connectivity index (χ3v) is 6.31. The molecule has 2 heterocycles. The molecule has 20 heavy (non-hydrogen) atoms. The topological polar surface area (TPSA) is 62.6 Å². The minimum absolute atomic E-state index is 0.0916. The van der Waals surface area contributed by atoms with Crippen LogP contribution in [0.3, 0.4) is 0 Å². The molecule has 0 aromatic carbocycles. The molecule has 0 radical (unpaired) electrons.